The Kier molecular flexibility index (Phi) is 5.05. The first-order valence-electron chi connectivity index (χ1n) is 6.98. The molecular weight excluding hydrogens is 282 g/mol. The summed E-state index contributed by atoms with van der Waals surface area (Å²) in [6, 6.07) is 16.9. The minimum absolute atomic E-state index is 0. The summed E-state index contributed by atoms with van der Waals surface area (Å²) < 4.78 is 5.35. The Morgan fingerprint density at radius 1 is 1.10 bits per heavy atom. The van der Waals surface area contributed by atoms with Gasteiger partial charge in [0, 0.05) is 0 Å². The predicted octanol–water partition coefficient (Wildman–Crippen LogP) is 3.93. The number of hydrogen-bond donors (Lipinski definition) is 1. The van der Waals surface area contributed by atoms with E-state index in [2.05, 4.69) is 42.5 Å². The van der Waals surface area contributed by atoms with E-state index in [0.717, 1.165) is 18.6 Å². The molecule has 2 aromatic rings. The van der Waals surface area contributed by atoms with Gasteiger partial charge in [-0.15, -0.1) is 12.4 Å². The summed E-state index contributed by atoms with van der Waals surface area (Å²) >= 11 is 0. The lowest BCUT2D eigenvalue weighted by molar-refractivity contribution is 0.414. The highest BCUT2D eigenvalue weighted by molar-refractivity contribution is 5.97. The van der Waals surface area contributed by atoms with Gasteiger partial charge in [0.15, 0.2) is 0 Å². The van der Waals surface area contributed by atoms with Crippen molar-refractivity contribution in [1.82, 2.24) is 0 Å². The Labute approximate surface area is 132 Å². The van der Waals surface area contributed by atoms with Crippen LogP contribution in [0.1, 0.15) is 23.1 Å². The van der Waals surface area contributed by atoms with E-state index in [4.69, 9.17) is 10.5 Å². The fourth-order valence-corrected chi connectivity index (χ4v) is 2.92. The second-order valence-electron chi connectivity index (χ2n) is 5.06. The van der Waals surface area contributed by atoms with Crippen LogP contribution in [0, 0.1) is 0 Å². The van der Waals surface area contributed by atoms with E-state index < -0.39 is 0 Å². The second-order valence-corrected chi connectivity index (χ2v) is 5.06. The molecule has 110 valence electrons. The lowest BCUT2D eigenvalue weighted by Gasteiger charge is -2.09. The van der Waals surface area contributed by atoms with Gasteiger partial charge in [-0.3, -0.25) is 0 Å². The highest BCUT2D eigenvalue weighted by Gasteiger charge is 2.22. The Bertz CT molecular complexity index is 650. The van der Waals surface area contributed by atoms with Crippen LogP contribution in [0.5, 0.6) is 5.75 Å². The number of ether oxygens (including phenoxy) is 1. The summed E-state index contributed by atoms with van der Waals surface area (Å²) in [5, 5.41) is 0. The summed E-state index contributed by atoms with van der Waals surface area (Å²) in [6.07, 6.45) is 1.89. The van der Waals surface area contributed by atoms with Crippen molar-refractivity contribution in [2.75, 3.05) is 13.7 Å². The number of benzene rings is 2. The second kappa shape index (κ2) is 6.79. The lowest BCUT2D eigenvalue weighted by Crippen LogP contribution is -2.00. The molecule has 3 rings (SSSR count). The number of halogens is 1. The highest BCUT2D eigenvalue weighted by atomic mass is 35.5. The molecule has 0 radical (unpaired) electrons. The number of fused-ring (bicyclic) bond motifs is 1. The molecule has 0 unspecified atom stereocenters. The van der Waals surface area contributed by atoms with Gasteiger partial charge in [-0.1, -0.05) is 36.4 Å². The zero-order valence-corrected chi connectivity index (χ0v) is 13.0. The first-order valence-corrected chi connectivity index (χ1v) is 6.98. The van der Waals surface area contributed by atoms with E-state index in [9.17, 15) is 0 Å². The number of allylic oxidation sites excluding steroid dienone is 1. The lowest BCUT2D eigenvalue weighted by atomic mass is 9.98. The summed E-state index contributed by atoms with van der Waals surface area (Å²) in [6.45, 7) is 0.669. The van der Waals surface area contributed by atoms with Gasteiger partial charge < -0.3 is 10.5 Å². The van der Waals surface area contributed by atoms with Gasteiger partial charge in [-0.25, -0.2) is 0 Å². The van der Waals surface area contributed by atoms with Crippen LogP contribution in [0.4, 0.5) is 0 Å². The third-order valence-corrected chi connectivity index (χ3v) is 3.89. The first kappa shape index (κ1) is 15.6. The number of nitrogens with two attached hydrogens (primary N) is 1. The monoisotopic (exact) mass is 301 g/mol. The van der Waals surface area contributed by atoms with E-state index in [1.165, 1.54) is 27.8 Å². The molecule has 2 N–H and O–H groups in total. The van der Waals surface area contributed by atoms with Crippen LogP contribution in [0.15, 0.2) is 48.5 Å². The molecule has 1 aliphatic carbocycles. The van der Waals surface area contributed by atoms with Crippen LogP contribution in [0.25, 0.3) is 11.1 Å². The molecule has 0 atom stereocenters. The standard InChI is InChI=1S/C18H19NO.ClH/c1-20-15-8-7-14-11-17(13-5-3-2-4-6-13)16(9-10-19)18(14)12-15;/h2-8,12H,9-11,19H2,1H3;1H. The molecule has 21 heavy (non-hydrogen) atoms. The van der Waals surface area contributed by atoms with Crippen molar-refractivity contribution in [2.45, 2.75) is 12.8 Å². The average molecular weight is 302 g/mol. The Morgan fingerprint density at radius 3 is 2.52 bits per heavy atom. The van der Waals surface area contributed by atoms with Crippen LogP contribution in [0.2, 0.25) is 0 Å². The maximum absolute atomic E-state index is 5.81. The maximum atomic E-state index is 5.81. The molecule has 0 aromatic heterocycles. The Hall–Kier alpha value is -1.77. The van der Waals surface area contributed by atoms with Gasteiger partial charge in [0.05, 0.1) is 7.11 Å². The van der Waals surface area contributed by atoms with Gasteiger partial charge in [-0.2, -0.15) is 0 Å². The molecule has 0 bridgehead atoms. The van der Waals surface area contributed by atoms with Crippen molar-refractivity contribution >= 4 is 23.6 Å². The van der Waals surface area contributed by atoms with Crippen molar-refractivity contribution in [1.29, 1.82) is 0 Å². The van der Waals surface area contributed by atoms with E-state index in [0.29, 0.717) is 6.54 Å². The van der Waals surface area contributed by atoms with Gasteiger partial charge in [0.2, 0.25) is 0 Å². The highest BCUT2D eigenvalue weighted by Crippen LogP contribution is 2.41. The van der Waals surface area contributed by atoms with Crippen LogP contribution in [-0.2, 0) is 6.42 Å². The minimum Gasteiger partial charge on any atom is -0.497 e. The quantitative estimate of drug-likeness (QED) is 0.928. The van der Waals surface area contributed by atoms with E-state index >= 15 is 0 Å². The predicted molar refractivity (Wildman–Crippen MR) is 90.9 cm³/mol. The molecular formula is C18H20ClNO. The Balaban J connectivity index is 0.00000161. The molecule has 0 aliphatic heterocycles. The van der Waals surface area contributed by atoms with Gasteiger partial charge in [-0.05, 0) is 59.4 Å². The fraction of sp³-hybridized carbons (Fsp3) is 0.222. The maximum Gasteiger partial charge on any atom is 0.119 e. The topological polar surface area (TPSA) is 35.2 Å². The fourth-order valence-electron chi connectivity index (χ4n) is 2.92. The molecule has 0 heterocycles. The van der Waals surface area contributed by atoms with E-state index in [1.54, 1.807) is 7.11 Å². The molecule has 0 saturated carbocycles. The Morgan fingerprint density at radius 2 is 1.86 bits per heavy atom. The number of methoxy groups -OCH3 is 1. The molecule has 2 nitrogen and oxygen atoms in total. The molecule has 3 heteroatoms. The first-order chi connectivity index (χ1) is 9.83. The molecule has 2 aromatic carbocycles. The summed E-state index contributed by atoms with van der Waals surface area (Å²) in [4.78, 5) is 0. The van der Waals surface area contributed by atoms with Crippen molar-refractivity contribution < 1.29 is 4.74 Å². The zero-order valence-electron chi connectivity index (χ0n) is 12.1. The largest absolute Gasteiger partial charge is 0.497 e. The average Bonchev–Trinajstić information content (AvgIpc) is 2.86. The number of hydrogen-bond acceptors (Lipinski definition) is 2. The minimum atomic E-state index is 0. The molecule has 0 saturated heterocycles. The third kappa shape index (κ3) is 2.97. The van der Waals surface area contributed by atoms with Crippen LogP contribution in [0.3, 0.4) is 0 Å². The molecule has 1 aliphatic rings. The summed E-state index contributed by atoms with van der Waals surface area (Å²) in [7, 11) is 1.71. The summed E-state index contributed by atoms with van der Waals surface area (Å²) in [5.41, 5.74) is 12.5. The van der Waals surface area contributed by atoms with Crippen molar-refractivity contribution in [3.05, 3.63) is 65.2 Å². The van der Waals surface area contributed by atoms with Crippen molar-refractivity contribution in [2.24, 2.45) is 5.73 Å². The normalized spacial score (nSPS) is 12.9. The smallest absolute Gasteiger partial charge is 0.119 e. The third-order valence-electron chi connectivity index (χ3n) is 3.89. The summed E-state index contributed by atoms with van der Waals surface area (Å²) in [5.74, 6) is 0.910. The molecule has 0 spiro atoms. The van der Waals surface area contributed by atoms with Crippen LogP contribution >= 0.6 is 12.4 Å². The van der Waals surface area contributed by atoms with Crippen molar-refractivity contribution in [3.8, 4) is 5.75 Å². The van der Waals surface area contributed by atoms with Crippen LogP contribution < -0.4 is 10.5 Å². The SMILES string of the molecule is COc1ccc2c(c1)C(CCN)=C(c1ccccc1)C2.Cl. The van der Waals surface area contributed by atoms with Gasteiger partial charge >= 0.3 is 0 Å². The van der Waals surface area contributed by atoms with Crippen molar-refractivity contribution in [3.63, 3.8) is 0 Å². The van der Waals surface area contributed by atoms with Gasteiger partial charge in [0.25, 0.3) is 0 Å². The van der Waals surface area contributed by atoms with Gasteiger partial charge in [0.1, 0.15) is 5.75 Å². The number of rotatable bonds is 4. The van der Waals surface area contributed by atoms with E-state index in [1.807, 2.05) is 6.07 Å². The van der Waals surface area contributed by atoms with E-state index in [-0.39, 0.29) is 12.4 Å². The molecule has 0 amide bonds. The zero-order chi connectivity index (χ0) is 13.9. The molecule has 0 fully saturated rings. The van der Waals surface area contributed by atoms with Crippen LogP contribution in [-0.4, -0.2) is 13.7 Å².